The zero-order chi connectivity index (χ0) is 15.1. The van der Waals surface area contributed by atoms with Gasteiger partial charge in [-0.3, -0.25) is 14.2 Å². The van der Waals surface area contributed by atoms with E-state index < -0.39 is 0 Å². The van der Waals surface area contributed by atoms with Crippen LogP contribution in [0.25, 0.3) is 10.2 Å². The molecular weight excluding hydrogens is 302 g/mol. The molecule has 2 aromatic rings. The average Bonchev–Trinajstić information content (AvgIpc) is 3.18. The monoisotopic (exact) mass is 319 g/mol. The minimum absolute atomic E-state index is 0.0151. The standard InChI is InChI=1S/C15H17N3O3S/c19-13(18-5-6-21-12-3-1-2-11(12)18)8-17-9-16-14-10(15(17)20)4-7-22-14/h4,7,9,11-12H,1-3,5-6,8H2/t11-,12-/m1/s1. The molecule has 4 rings (SSSR count). The number of thiophene rings is 1. The van der Waals surface area contributed by atoms with E-state index in [9.17, 15) is 9.59 Å². The van der Waals surface area contributed by atoms with E-state index in [2.05, 4.69) is 4.98 Å². The van der Waals surface area contributed by atoms with Crippen LogP contribution in [0.1, 0.15) is 19.3 Å². The zero-order valence-corrected chi connectivity index (χ0v) is 12.9. The van der Waals surface area contributed by atoms with Gasteiger partial charge in [0.15, 0.2) is 0 Å². The van der Waals surface area contributed by atoms with Crippen LogP contribution in [0.4, 0.5) is 0 Å². The SMILES string of the molecule is O=C(Cn1cnc2sccc2c1=O)N1CCO[C@@H]2CCC[C@H]21. The summed E-state index contributed by atoms with van der Waals surface area (Å²) in [6.07, 6.45) is 4.77. The molecule has 6 nitrogen and oxygen atoms in total. The van der Waals surface area contributed by atoms with E-state index >= 15 is 0 Å². The van der Waals surface area contributed by atoms with E-state index in [1.54, 1.807) is 6.07 Å². The van der Waals surface area contributed by atoms with Crippen molar-refractivity contribution in [3.63, 3.8) is 0 Å². The lowest BCUT2D eigenvalue weighted by atomic mass is 10.1. The second kappa shape index (κ2) is 5.48. The van der Waals surface area contributed by atoms with Gasteiger partial charge >= 0.3 is 0 Å². The number of fused-ring (bicyclic) bond motifs is 2. The van der Waals surface area contributed by atoms with Gasteiger partial charge in [0.05, 0.1) is 30.5 Å². The Bertz CT molecular complexity index is 769. The van der Waals surface area contributed by atoms with Gasteiger partial charge in [0.1, 0.15) is 11.4 Å². The van der Waals surface area contributed by atoms with E-state index in [-0.39, 0.29) is 30.2 Å². The molecule has 22 heavy (non-hydrogen) atoms. The summed E-state index contributed by atoms with van der Waals surface area (Å²) in [7, 11) is 0. The summed E-state index contributed by atoms with van der Waals surface area (Å²) in [6.45, 7) is 1.26. The molecule has 2 aliphatic rings. The minimum atomic E-state index is -0.143. The van der Waals surface area contributed by atoms with Crippen molar-refractivity contribution in [2.75, 3.05) is 13.2 Å². The number of rotatable bonds is 2. The number of amides is 1. The average molecular weight is 319 g/mol. The second-order valence-corrected chi connectivity index (χ2v) is 6.71. The Morgan fingerprint density at radius 2 is 2.36 bits per heavy atom. The summed E-state index contributed by atoms with van der Waals surface area (Å²) in [5.41, 5.74) is -0.143. The fourth-order valence-electron chi connectivity index (χ4n) is 3.48. The number of aromatic nitrogens is 2. The van der Waals surface area contributed by atoms with Crippen molar-refractivity contribution in [1.82, 2.24) is 14.5 Å². The molecule has 3 heterocycles. The summed E-state index contributed by atoms with van der Waals surface area (Å²) in [4.78, 5) is 31.9. The molecule has 7 heteroatoms. The van der Waals surface area contributed by atoms with Crippen molar-refractivity contribution in [3.05, 3.63) is 28.1 Å². The second-order valence-electron chi connectivity index (χ2n) is 5.81. The van der Waals surface area contributed by atoms with E-state index in [1.807, 2.05) is 10.3 Å². The highest BCUT2D eigenvalue weighted by molar-refractivity contribution is 7.16. The van der Waals surface area contributed by atoms with Gasteiger partial charge in [0.25, 0.3) is 5.56 Å². The molecule has 116 valence electrons. The van der Waals surface area contributed by atoms with Gasteiger partial charge in [0, 0.05) is 6.54 Å². The Morgan fingerprint density at radius 1 is 1.45 bits per heavy atom. The number of morpholine rings is 1. The molecule has 0 N–H and O–H groups in total. The van der Waals surface area contributed by atoms with Gasteiger partial charge < -0.3 is 9.64 Å². The van der Waals surface area contributed by atoms with Crippen molar-refractivity contribution in [2.24, 2.45) is 0 Å². The quantitative estimate of drug-likeness (QED) is 0.835. The van der Waals surface area contributed by atoms with Crippen LogP contribution in [0, 0.1) is 0 Å². The van der Waals surface area contributed by atoms with E-state index in [4.69, 9.17) is 4.74 Å². The fraction of sp³-hybridized carbons (Fsp3) is 0.533. The Balaban J connectivity index is 1.58. The Labute approximate surface area is 131 Å². The highest BCUT2D eigenvalue weighted by atomic mass is 32.1. The van der Waals surface area contributed by atoms with Crippen LogP contribution in [-0.4, -0.2) is 45.7 Å². The van der Waals surface area contributed by atoms with Crippen LogP contribution >= 0.6 is 11.3 Å². The van der Waals surface area contributed by atoms with Gasteiger partial charge in [-0.05, 0) is 30.7 Å². The first-order chi connectivity index (χ1) is 10.7. The van der Waals surface area contributed by atoms with E-state index in [1.165, 1.54) is 22.2 Å². The predicted molar refractivity (Wildman–Crippen MR) is 83.0 cm³/mol. The Hall–Kier alpha value is -1.73. The summed E-state index contributed by atoms with van der Waals surface area (Å²) in [6, 6.07) is 1.94. The molecule has 1 aliphatic carbocycles. The molecule has 0 aromatic carbocycles. The maximum atomic E-state index is 12.6. The first-order valence-corrected chi connectivity index (χ1v) is 8.46. The summed E-state index contributed by atoms with van der Waals surface area (Å²) in [5, 5.41) is 2.43. The number of nitrogens with zero attached hydrogens (tertiary/aromatic N) is 3. The molecule has 2 aromatic heterocycles. The molecule has 0 spiro atoms. The number of hydrogen-bond acceptors (Lipinski definition) is 5. The van der Waals surface area contributed by atoms with Crippen molar-refractivity contribution in [3.8, 4) is 0 Å². The molecule has 2 atom stereocenters. The van der Waals surface area contributed by atoms with Gasteiger partial charge in [0.2, 0.25) is 5.91 Å². The largest absolute Gasteiger partial charge is 0.374 e. The number of hydrogen-bond donors (Lipinski definition) is 0. The van der Waals surface area contributed by atoms with Crippen LogP contribution in [0.15, 0.2) is 22.6 Å². The highest BCUT2D eigenvalue weighted by Gasteiger charge is 2.38. The van der Waals surface area contributed by atoms with E-state index in [0.29, 0.717) is 18.5 Å². The molecule has 0 unspecified atom stereocenters. The van der Waals surface area contributed by atoms with Gasteiger partial charge in [-0.15, -0.1) is 11.3 Å². The van der Waals surface area contributed by atoms with Crippen molar-refractivity contribution < 1.29 is 9.53 Å². The van der Waals surface area contributed by atoms with Crippen LogP contribution in [-0.2, 0) is 16.1 Å². The summed E-state index contributed by atoms with van der Waals surface area (Å²) >= 11 is 1.43. The lowest BCUT2D eigenvalue weighted by Gasteiger charge is -2.37. The number of ether oxygens (including phenoxy) is 1. The predicted octanol–water partition coefficient (Wildman–Crippen LogP) is 1.24. The topological polar surface area (TPSA) is 64.4 Å². The van der Waals surface area contributed by atoms with Crippen molar-refractivity contribution in [1.29, 1.82) is 0 Å². The van der Waals surface area contributed by atoms with Crippen LogP contribution in [0.2, 0.25) is 0 Å². The lowest BCUT2D eigenvalue weighted by Crippen LogP contribution is -2.52. The zero-order valence-electron chi connectivity index (χ0n) is 12.1. The summed E-state index contributed by atoms with van der Waals surface area (Å²) in [5.74, 6) is -0.0151. The molecule has 0 bridgehead atoms. The molecule has 1 saturated carbocycles. The molecule has 1 aliphatic heterocycles. The minimum Gasteiger partial charge on any atom is -0.374 e. The van der Waals surface area contributed by atoms with Crippen molar-refractivity contribution in [2.45, 2.75) is 38.0 Å². The third-order valence-electron chi connectivity index (χ3n) is 4.56. The van der Waals surface area contributed by atoms with Crippen LogP contribution < -0.4 is 5.56 Å². The Kier molecular flexibility index (Phi) is 3.46. The molecular formula is C15H17N3O3S. The highest BCUT2D eigenvalue weighted by Crippen LogP contribution is 2.29. The third kappa shape index (κ3) is 2.24. The van der Waals surface area contributed by atoms with Gasteiger partial charge in [-0.2, -0.15) is 0 Å². The lowest BCUT2D eigenvalue weighted by molar-refractivity contribution is -0.144. The molecule has 0 radical (unpaired) electrons. The number of carbonyl (C=O) groups is 1. The smallest absolute Gasteiger partial charge is 0.262 e. The maximum absolute atomic E-state index is 12.6. The first-order valence-electron chi connectivity index (χ1n) is 7.58. The Morgan fingerprint density at radius 3 is 3.27 bits per heavy atom. The molecule has 1 saturated heterocycles. The molecule has 1 amide bonds. The van der Waals surface area contributed by atoms with Gasteiger partial charge in [-0.1, -0.05) is 0 Å². The maximum Gasteiger partial charge on any atom is 0.262 e. The fourth-order valence-corrected chi connectivity index (χ4v) is 4.20. The van der Waals surface area contributed by atoms with Crippen LogP contribution in [0.5, 0.6) is 0 Å². The van der Waals surface area contributed by atoms with E-state index in [0.717, 1.165) is 24.1 Å². The first kappa shape index (κ1) is 13.9. The van der Waals surface area contributed by atoms with Crippen molar-refractivity contribution >= 4 is 27.5 Å². The third-order valence-corrected chi connectivity index (χ3v) is 5.38. The molecule has 2 fully saturated rings. The number of carbonyl (C=O) groups excluding carboxylic acids is 1. The normalized spacial score (nSPS) is 24.6. The van der Waals surface area contributed by atoms with Crippen LogP contribution in [0.3, 0.4) is 0 Å². The van der Waals surface area contributed by atoms with Gasteiger partial charge in [-0.25, -0.2) is 4.98 Å². The summed E-state index contributed by atoms with van der Waals surface area (Å²) < 4.78 is 7.14.